The van der Waals surface area contributed by atoms with Crippen molar-refractivity contribution in [3.05, 3.63) is 47.5 Å². The monoisotopic (exact) mass is 536 g/mol. The first-order chi connectivity index (χ1) is 17.6. The Labute approximate surface area is 217 Å². The van der Waals surface area contributed by atoms with Crippen molar-refractivity contribution in [1.82, 2.24) is 15.1 Å². The van der Waals surface area contributed by atoms with Gasteiger partial charge in [-0.05, 0) is 57.6 Å². The molecular formula is C27H32F4N4O3. The summed E-state index contributed by atoms with van der Waals surface area (Å²) < 4.78 is 62.1. The van der Waals surface area contributed by atoms with Crippen LogP contribution in [0.5, 0.6) is 0 Å². The molecule has 2 amide bonds. The third-order valence-corrected chi connectivity index (χ3v) is 7.05. The average molecular weight is 537 g/mol. The summed E-state index contributed by atoms with van der Waals surface area (Å²) in [4.78, 5) is 28.9. The molecule has 7 nitrogen and oxygen atoms in total. The summed E-state index contributed by atoms with van der Waals surface area (Å²) in [7, 11) is 2.01. The highest BCUT2D eigenvalue weighted by Crippen LogP contribution is 2.37. The van der Waals surface area contributed by atoms with E-state index in [1.807, 2.05) is 7.05 Å². The van der Waals surface area contributed by atoms with Crippen LogP contribution < -0.4 is 11.1 Å². The number of fused-ring (bicyclic) bond motifs is 3. The molecule has 0 saturated carbocycles. The van der Waals surface area contributed by atoms with Gasteiger partial charge in [0.25, 0.3) is 5.91 Å². The molecule has 2 heterocycles. The fourth-order valence-corrected chi connectivity index (χ4v) is 4.83. The van der Waals surface area contributed by atoms with Crippen LogP contribution in [0.15, 0.2) is 40.8 Å². The molecule has 206 valence electrons. The highest BCUT2D eigenvalue weighted by atomic mass is 19.4. The number of carbonyl (C=O) groups excluding carboxylic acids is 2. The van der Waals surface area contributed by atoms with Crippen LogP contribution in [-0.2, 0) is 4.79 Å². The van der Waals surface area contributed by atoms with Crippen molar-refractivity contribution in [2.24, 2.45) is 5.73 Å². The number of nitrogens with one attached hydrogen (secondary N) is 1. The van der Waals surface area contributed by atoms with Gasteiger partial charge in [0.15, 0.2) is 0 Å². The number of nitrogens with zero attached hydrogens (tertiary/aromatic N) is 2. The number of benzene rings is 2. The minimum atomic E-state index is -4.80. The molecule has 3 aromatic rings. The quantitative estimate of drug-likeness (QED) is 0.433. The van der Waals surface area contributed by atoms with E-state index < -0.39 is 36.3 Å². The average Bonchev–Trinajstić information content (AvgIpc) is 3.18. The van der Waals surface area contributed by atoms with Crippen LogP contribution in [0.2, 0.25) is 0 Å². The van der Waals surface area contributed by atoms with Crippen LogP contribution in [0.25, 0.3) is 21.9 Å². The first-order valence-electron chi connectivity index (χ1n) is 12.4. The number of nitrogens with two attached hydrogens (primary N) is 1. The van der Waals surface area contributed by atoms with Gasteiger partial charge in [0.1, 0.15) is 22.9 Å². The molecule has 1 aliphatic rings. The van der Waals surface area contributed by atoms with Crippen molar-refractivity contribution < 1.29 is 31.6 Å². The topological polar surface area (TPSA) is 91.8 Å². The number of halogens is 4. The summed E-state index contributed by atoms with van der Waals surface area (Å²) in [6.07, 6.45) is -5.32. The summed E-state index contributed by atoms with van der Waals surface area (Å²) >= 11 is 0. The van der Waals surface area contributed by atoms with E-state index in [1.54, 1.807) is 23.1 Å². The van der Waals surface area contributed by atoms with Gasteiger partial charge in [0, 0.05) is 48.4 Å². The Hall–Kier alpha value is -3.18. The van der Waals surface area contributed by atoms with Crippen molar-refractivity contribution in [3.63, 3.8) is 0 Å². The molecule has 3 N–H and O–H groups in total. The molecule has 38 heavy (non-hydrogen) atoms. The van der Waals surface area contributed by atoms with Gasteiger partial charge in [0.2, 0.25) is 5.91 Å². The molecule has 0 aliphatic carbocycles. The number of hydrogen-bond donors (Lipinski definition) is 2. The summed E-state index contributed by atoms with van der Waals surface area (Å²) in [6.45, 7) is 6.34. The number of hydrogen-bond acceptors (Lipinski definition) is 5. The summed E-state index contributed by atoms with van der Waals surface area (Å²) in [5.74, 6) is -1.20. The molecule has 0 bridgehead atoms. The van der Waals surface area contributed by atoms with Crippen LogP contribution in [-0.4, -0.2) is 72.2 Å². The van der Waals surface area contributed by atoms with Crippen molar-refractivity contribution in [2.45, 2.75) is 57.2 Å². The smallest absolute Gasteiger partial charge is 0.407 e. The van der Waals surface area contributed by atoms with Crippen molar-refractivity contribution in [1.29, 1.82) is 0 Å². The van der Waals surface area contributed by atoms with Crippen LogP contribution in [0.1, 0.15) is 49.2 Å². The summed E-state index contributed by atoms with van der Waals surface area (Å²) in [5.41, 5.74) is 4.22. The van der Waals surface area contributed by atoms with Gasteiger partial charge >= 0.3 is 6.18 Å². The molecule has 1 aliphatic heterocycles. The Morgan fingerprint density at radius 1 is 1.08 bits per heavy atom. The Bertz CT molecular complexity index is 1350. The van der Waals surface area contributed by atoms with E-state index in [0.717, 1.165) is 20.4 Å². The van der Waals surface area contributed by atoms with Gasteiger partial charge in [-0.2, -0.15) is 13.2 Å². The van der Waals surface area contributed by atoms with Crippen LogP contribution in [0.3, 0.4) is 0 Å². The molecule has 11 heteroatoms. The molecule has 3 atom stereocenters. The predicted molar refractivity (Wildman–Crippen MR) is 136 cm³/mol. The normalized spacial score (nSPS) is 19.2. The lowest BCUT2D eigenvalue weighted by atomic mass is 9.97. The predicted octanol–water partition coefficient (Wildman–Crippen LogP) is 4.55. The standard InChI is InChI=1S/C27H32F4N4O3/c1-15-14-35(10-9-34(15)4)25(37)17-6-8-21-19(11-17)18-7-5-16(12-22(18)38-21)23(27(29,30)31)33-20(24(32)36)13-26(2,3)28/h5-8,11-12,15,20,23,33H,9-10,13-14H2,1-4H3,(H2,32,36)/t15-,20?,23-/m0/s1. The van der Waals surface area contributed by atoms with Gasteiger partial charge in [-0.15, -0.1) is 0 Å². The van der Waals surface area contributed by atoms with E-state index in [2.05, 4.69) is 17.1 Å². The zero-order chi connectivity index (χ0) is 28.0. The van der Waals surface area contributed by atoms with E-state index in [1.165, 1.54) is 18.2 Å². The lowest BCUT2D eigenvalue weighted by molar-refractivity contribution is -0.161. The van der Waals surface area contributed by atoms with Crippen molar-refractivity contribution in [2.75, 3.05) is 26.7 Å². The number of alkyl halides is 4. The molecule has 0 spiro atoms. The maximum atomic E-state index is 14.1. The molecule has 1 aromatic heterocycles. The van der Waals surface area contributed by atoms with E-state index >= 15 is 0 Å². The van der Waals surface area contributed by atoms with Crippen molar-refractivity contribution >= 4 is 33.8 Å². The van der Waals surface area contributed by atoms with Gasteiger partial charge in [0.05, 0.1) is 6.04 Å². The molecule has 1 unspecified atom stereocenters. The minimum Gasteiger partial charge on any atom is -0.456 e. The second-order valence-corrected chi connectivity index (χ2v) is 10.7. The zero-order valence-corrected chi connectivity index (χ0v) is 21.7. The number of piperazine rings is 1. The lowest BCUT2D eigenvalue weighted by Crippen LogP contribution is -2.52. The summed E-state index contributed by atoms with van der Waals surface area (Å²) in [5, 5.41) is 3.34. The van der Waals surface area contributed by atoms with Gasteiger partial charge in [-0.3, -0.25) is 14.9 Å². The maximum absolute atomic E-state index is 14.1. The third kappa shape index (κ3) is 5.94. The van der Waals surface area contributed by atoms with Gasteiger partial charge < -0.3 is 20.0 Å². The number of primary amides is 1. The second kappa shape index (κ2) is 10.2. The summed E-state index contributed by atoms with van der Waals surface area (Å²) in [6, 6.07) is 5.38. The molecule has 0 radical (unpaired) electrons. The fourth-order valence-electron chi connectivity index (χ4n) is 4.83. The number of rotatable bonds is 7. The zero-order valence-electron chi connectivity index (χ0n) is 21.7. The Morgan fingerprint density at radius 3 is 2.39 bits per heavy atom. The van der Waals surface area contributed by atoms with E-state index in [4.69, 9.17) is 10.2 Å². The maximum Gasteiger partial charge on any atom is 0.407 e. The van der Waals surface area contributed by atoms with Crippen molar-refractivity contribution in [3.8, 4) is 0 Å². The fraction of sp³-hybridized carbons (Fsp3) is 0.481. The third-order valence-electron chi connectivity index (χ3n) is 7.05. The van der Waals surface area contributed by atoms with Gasteiger partial charge in [-0.1, -0.05) is 12.1 Å². The number of amides is 2. The highest BCUT2D eigenvalue weighted by Gasteiger charge is 2.43. The molecule has 4 rings (SSSR count). The Morgan fingerprint density at radius 2 is 1.79 bits per heavy atom. The van der Waals surface area contributed by atoms with Crippen LogP contribution in [0.4, 0.5) is 17.6 Å². The lowest BCUT2D eigenvalue weighted by Gasteiger charge is -2.37. The first-order valence-corrected chi connectivity index (χ1v) is 12.4. The largest absolute Gasteiger partial charge is 0.456 e. The number of carbonyl (C=O) groups is 2. The minimum absolute atomic E-state index is 0.118. The molecular weight excluding hydrogens is 504 g/mol. The molecule has 1 fully saturated rings. The first kappa shape index (κ1) is 27.8. The Balaban J connectivity index is 1.66. The van der Waals surface area contributed by atoms with Crippen LogP contribution in [0, 0.1) is 0 Å². The number of likely N-dealkylation sites (N-methyl/N-ethyl adjacent to an activating group) is 1. The van der Waals surface area contributed by atoms with E-state index in [-0.39, 0.29) is 23.1 Å². The van der Waals surface area contributed by atoms with Gasteiger partial charge in [-0.25, -0.2) is 4.39 Å². The number of furan rings is 1. The Kier molecular flexibility index (Phi) is 7.46. The SMILES string of the molecule is C[C@H]1CN(C(=O)c2ccc3oc4cc([C@H](NC(CC(C)(C)F)C(N)=O)C(F)(F)F)ccc4c3c2)CCN1C. The van der Waals surface area contributed by atoms with E-state index in [9.17, 15) is 27.2 Å². The second-order valence-electron chi connectivity index (χ2n) is 10.7. The van der Waals surface area contributed by atoms with Crippen LogP contribution >= 0.6 is 0 Å². The highest BCUT2D eigenvalue weighted by molar-refractivity contribution is 6.08. The molecule has 1 saturated heterocycles. The molecule has 2 aromatic carbocycles. The van der Waals surface area contributed by atoms with E-state index in [0.29, 0.717) is 35.0 Å².